The molecule has 3 N–H and O–H groups in total. The van der Waals surface area contributed by atoms with Crippen molar-refractivity contribution in [1.82, 2.24) is 4.90 Å². The smallest absolute Gasteiger partial charge is 0.244 e. The van der Waals surface area contributed by atoms with Gasteiger partial charge < -0.3 is 15.8 Å². The number of amides is 3. The molecule has 1 aromatic carbocycles. The number of nitrogens with one attached hydrogen (secondary N) is 1. The number of hydrogen-bond acceptors (Lipinski definition) is 5. The van der Waals surface area contributed by atoms with Gasteiger partial charge in [-0.1, -0.05) is 0 Å². The first-order chi connectivity index (χ1) is 10.0. The summed E-state index contributed by atoms with van der Waals surface area (Å²) in [6, 6.07) is 4.84. The minimum Gasteiger partial charge on any atom is -0.495 e. The lowest BCUT2D eigenvalue weighted by atomic mass is 10.2. The Kier molecular flexibility index (Phi) is 3.04. The third-order valence-electron chi connectivity index (χ3n) is 3.76. The van der Waals surface area contributed by atoms with Crippen LogP contribution in [0, 0.1) is 11.8 Å². The highest BCUT2D eigenvalue weighted by Crippen LogP contribution is 2.46. The van der Waals surface area contributed by atoms with Crippen molar-refractivity contribution in [1.29, 1.82) is 0 Å². The second-order valence-corrected chi connectivity index (χ2v) is 5.22. The maximum Gasteiger partial charge on any atom is 0.244 e. The Morgan fingerprint density at radius 3 is 2.67 bits per heavy atom. The molecule has 1 heterocycles. The van der Waals surface area contributed by atoms with Crippen LogP contribution in [0.2, 0.25) is 0 Å². The van der Waals surface area contributed by atoms with E-state index in [4.69, 9.17) is 10.5 Å². The molecule has 1 aliphatic heterocycles. The first kappa shape index (κ1) is 13.4. The van der Waals surface area contributed by atoms with E-state index >= 15 is 0 Å². The lowest BCUT2D eigenvalue weighted by Gasteiger charge is -2.17. The van der Waals surface area contributed by atoms with Gasteiger partial charge in [-0.05, 0) is 24.6 Å². The monoisotopic (exact) mass is 289 g/mol. The predicted octanol–water partition coefficient (Wildman–Crippen LogP) is 0.221. The van der Waals surface area contributed by atoms with E-state index in [1.54, 1.807) is 18.2 Å². The first-order valence-corrected chi connectivity index (χ1v) is 6.60. The number of rotatable bonds is 4. The van der Waals surface area contributed by atoms with Crippen molar-refractivity contribution in [2.45, 2.75) is 6.42 Å². The molecule has 2 atom stereocenters. The minimum absolute atomic E-state index is 0.202. The number of carbonyl (C=O) groups excluding carboxylic acids is 3. The van der Waals surface area contributed by atoms with Crippen molar-refractivity contribution in [2.75, 3.05) is 24.7 Å². The average Bonchev–Trinajstić information content (AvgIpc) is 3.19. The van der Waals surface area contributed by atoms with Gasteiger partial charge >= 0.3 is 0 Å². The molecular weight excluding hydrogens is 274 g/mol. The SMILES string of the molecule is COc1ccc(N)cc1NC(=O)CN1C(=O)C2CC2C1=O. The van der Waals surface area contributed by atoms with E-state index < -0.39 is 5.91 Å². The van der Waals surface area contributed by atoms with Crippen LogP contribution in [0.5, 0.6) is 5.75 Å². The summed E-state index contributed by atoms with van der Waals surface area (Å²) in [6.07, 6.45) is 0.624. The molecule has 2 unspecified atom stereocenters. The second kappa shape index (κ2) is 4.76. The number of imide groups is 1. The van der Waals surface area contributed by atoms with Gasteiger partial charge in [0.2, 0.25) is 17.7 Å². The van der Waals surface area contributed by atoms with Crippen molar-refractivity contribution < 1.29 is 19.1 Å². The molecule has 3 amide bonds. The number of benzene rings is 1. The Hall–Kier alpha value is -2.57. The summed E-state index contributed by atoms with van der Waals surface area (Å²) in [5.74, 6) is -0.903. The summed E-state index contributed by atoms with van der Waals surface area (Å²) in [4.78, 5) is 36.6. The van der Waals surface area contributed by atoms with Crippen LogP contribution in [0.3, 0.4) is 0 Å². The van der Waals surface area contributed by atoms with Crippen LogP contribution in [-0.2, 0) is 14.4 Å². The van der Waals surface area contributed by atoms with Crippen molar-refractivity contribution in [3.05, 3.63) is 18.2 Å². The number of ether oxygens (including phenoxy) is 1. The zero-order chi connectivity index (χ0) is 15.1. The zero-order valence-electron chi connectivity index (χ0n) is 11.5. The third kappa shape index (κ3) is 2.31. The summed E-state index contributed by atoms with van der Waals surface area (Å²) < 4.78 is 5.12. The number of carbonyl (C=O) groups is 3. The van der Waals surface area contributed by atoms with E-state index in [-0.39, 0.29) is 30.2 Å². The lowest BCUT2D eigenvalue weighted by Crippen LogP contribution is -2.39. The predicted molar refractivity (Wildman–Crippen MR) is 74.4 cm³/mol. The summed E-state index contributed by atoms with van der Waals surface area (Å²) in [7, 11) is 1.47. The van der Waals surface area contributed by atoms with Gasteiger partial charge in [0.25, 0.3) is 0 Å². The molecule has 2 fully saturated rings. The summed E-state index contributed by atoms with van der Waals surface area (Å²) in [5.41, 5.74) is 6.55. The number of fused-ring (bicyclic) bond motifs is 1. The molecule has 1 aliphatic carbocycles. The molecule has 21 heavy (non-hydrogen) atoms. The van der Waals surface area contributed by atoms with Crippen molar-refractivity contribution in [3.63, 3.8) is 0 Å². The quantitative estimate of drug-likeness (QED) is 0.610. The second-order valence-electron chi connectivity index (χ2n) is 5.22. The fraction of sp³-hybridized carbons (Fsp3) is 0.357. The topological polar surface area (TPSA) is 102 Å². The Labute approximate surface area is 121 Å². The van der Waals surface area contributed by atoms with Gasteiger partial charge in [-0.3, -0.25) is 19.3 Å². The van der Waals surface area contributed by atoms with Crippen molar-refractivity contribution >= 4 is 29.1 Å². The summed E-state index contributed by atoms with van der Waals surface area (Å²) in [6.45, 7) is -0.275. The lowest BCUT2D eigenvalue weighted by molar-refractivity contribution is -0.143. The highest BCUT2D eigenvalue weighted by molar-refractivity contribution is 6.11. The third-order valence-corrected chi connectivity index (χ3v) is 3.76. The number of hydrogen-bond donors (Lipinski definition) is 2. The van der Waals surface area contributed by atoms with Crippen LogP contribution < -0.4 is 15.8 Å². The molecule has 0 aromatic heterocycles. The molecule has 3 rings (SSSR count). The molecule has 1 saturated heterocycles. The molecule has 7 nitrogen and oxygen atoms in total. The van der Waals surface area contributed by atoms with Gasteiger partial charge in [0, 0.05) is 5.69 Å². The van der Waals surface area contributed by atoms with Gasteiger partial charge in [0.05, 0.1) is 24.6 Å². The normalized spacial score (nSPS) is 23.0. The Balaban J connectivity index is 1.68. The standard InChI is InChI=1S/C14H15N3O4/c1-21-11-3-2-7(15)4-10(11)16-12(18)6-17-13(19)8-5-9(8)14(17)20/h2-4,8-9H,5-6,15H2,1H3,(H,16,18). The largest absolute Gasteiger partial charge is 0.495 e. The van der Waals surface area contributed by atoms with Gasteiger partial charge in [0.1, 0.15) is 12.3 Å². The average molecular weight is 289 g/mol. The molecule has 0 bridgehead atoms. The number of nitrogens with two attached hydrogens (primary N) is 1. The highest BCUT2D eigenvalue weighted by atomic mass is 16.5. The Bertz CT molecular complexity index is 623. The van der Waals surface area contributed by atoms with Crippen LogP contribution >= 0.6 is 0 Å². The molecule has 2 aliphatic rings. The van der Waals surface area contributed by atoms with Crippen LogP contribution in [0.4, 0.5) is 11.4 Å². The fourth-order valence-corrected chi connectivity index (χ4v) is 2.56. The van der Waals surface area contributed by atoms with Crippen molar-refractivity contribution in [3.8, 4) is 5.75 Å². The molecule has 110 valence electrons. The van der Waals surface area contributed by atoms with E-state index in [1.807, 2.05) is 0 Å². The minimum atomic E-state index is -0.457. The number of piperidine rings is 1. The fourth-order valence-electron chi connectivity index (χ4n) is 2.56. The number of nitrogen functional groups attached to an aromatic ring is 1. The van der Waals surface area contributed by atoms with E-state index in [0.717, 1.165) is 4.90 Å². The van der Waals surface area contributed by atoms with Crippen LogP contribution in [0.1, 0.15) is 6.42 Å². The van der Waals surface area contributed by atoms with Crippen LogP contribution in [0.25, 0.3) is 0 Å². The van der Waals surface area contributed by atoms with Gasteiger partial charge in [0.15, 0.2) is 0 Å². The van der Waals surface area contributed by atoms with E-state index in [2.05, 4.69) is 5.32 Å². The summed E-state index contributed by atoms with van der Waals surface area (Å²) >= 11 is 0. The number of likely N-dealkylation sites (tertiary alicyclic amines) is 1. The van der Waals surface area contributed by atoms with Gasteiger partial charge in [-0.2, -0.15) is 0 Å². The number of anilines is 2. The van der Waals surface area contributed by atoms with E-state index in [9.17, 15) is 14.4 Å². The number of methoxy groups -OCH3 is 1. The first-order valence-electron chi connectivity index (χ1n) is 6.60. The Morgan fingerprint density at radius 2 is 2.05 bits per heavy atom. The molecule has 0 spiro atoms. The van der Waals surface area contributed by atoms with Crippen LogP contribution in [0.15, 0.2) is 18.2 Å². The zero-order valence-corrected chi connectivity index (χ0v) is 11.5. The van der Waals surface area contributed by atoms with Gasteiger partial charge in [-0.25, -0.2) is 0 Å². The molecule has 7 heteroatoms. The maximum absolute atomic E-state index is 12.0. The summed E-state index contributed by atoms with van der Waals surface area (Å²) in [5, 5.41) is 2.61. The molecular formula is C14H15N3O4. The maximum atomic E-state index is 12.0. The Morgan fingerprint density at radius 1 is 1.38 bits per heavy atom. The molecule has 1 saturated carbocycles. The van der Waals surface area contributed by atoms with Crippen LogP contribution in [-0.4, -0.2) is 36.3 Å². The highest BCUT2D eigenvalue weighted by Gasteiger charge is 2.59. The van der Waals surface area contributed by atoms with Crippen molar-refractivity contribution in [2.24, 2.45) is 11.8 Å². The van der Waals surface area contributed by atoms with E-state index in [0.29, 0.717) is 23.5 Å². The molecule has 1 aromatic rings. The van der Waals surface area contributed by atoms with Gasteiger partial charge in [-0.15, -0.1) is 0 Å². The molecule has 0 radical (unpaired) electrons. The number of nitrogens with zero attached hydrogens (tertiary/aromatic N) is 1. The van der Waals surface area contributed by atoms with E-state index in [1.165, 1.54) is 7.11 Å².